The van der Waals surface area contributed by atoms with Crippen LogP contribution in [0.3, 0.4) is 0 Å². The maximum absolute atomic E-state index is 5.33. The molecule has 0 N–H and O–H groups in total. The molecule has 0 aliphatic carbocycles. The van der Waals surface area contributed by atoms with E-state index in [-0.39, 0.29) is 0 Å². The molecule has 1 aliphatic heterocycles. The van der Waals surface area contributed by atoms with E-state index in [4.69, 9.17) is 9.78 Å². The second-order valence-electron chi connectivity index (χ2n) is 5.54. The van der Waals surface area contributed by atoms with Crippen LogP contribution in [0.15, 0.2) is 18.2 Å². The summed E-state index contributed by atoms with van der Waals surface area (Å²) in [6, 6.07) is 6.27. The van der Waals surface area contributed by atoms with Gasteiger partial charge in [-0.2, -0.15) is 4.89 Å². The number of benzene rings is 1. The number of hydrogen-bond donors (Lipinski definition) is 0. The van der Waals surface area contributed by atoms with Crippen molar-refractivity contribution in [1.82, 2.24) is 0 Å². The number of hydrogen-bond acceptors (Lipinski definition) is 2. The van der Waals surface area contributed by atoms with Crippen LogP contribution < -0.4 is 4.89 Å². The maximum Gasteiger partial charge on any atom is 0.168 e. The average Bonchev–Trinajstić information content (AvgIpc) is 2.46. The average molecular weight is 248 g/mol. The van der Waals surface area contributed by atoms with Gasteiger partial charge in [0.1, 0.15) is 0 Å². The number of unbranched alkanes of at least 4 members (excludes halogenated alkanes) is 2. The zero-order valence-corrected chi connectivity index (χ0v) is 11.6. The molecule has 0 aromatic heterocycles. The predicted octanol–water partition coefficient (Wildman–Crippen LogP) is 4.31. The zero-order chi connectivity index (χ0) is 12.8. The first kappa shape index (κ1) is 13.4. The van der Waals surface area contributed by atoms with Gasteiger partial charge in [-0.15, -0.1) is 0 Å². The van der Waals surface area contributed by atoms with Gasteiger partial charge in [0.05, 0.1) is 6.61 Å². The van der Waals surface area contributed by atoms with Gasteiger partial charge in [-0.25, -0.2) is 0 Å². The van der Waals surface area contributed by atoms with Gasteiger partial charge < -0.3 is 4.89 Å². The largest absolute Gasteiger partial charge is 0.337 e. The second kappa shape index (κ2) is 6.79. The van der Waals surface area contributed by atoms with E-state index in [1.165, 1.54) is 36.8 Å². The van der Waals surface area contributed by atoms with Crippen LogP contribution in [-0.2, 0) is 17.7 Å². The van der Waals surface area contributed by atoms with Gasteiger partial charge in [-0.05, 0) is 30.4 Å². The Kier molecular flexibility index (Phi) is 5.06. The molecule has 2 nitrogen and oxygen atoms in total. The molecule has 0 atom stereocenters. The number of rotatable bonds is 6. The van der Waals surface area contributed by atoms with Gasteiger partial charge in [-0.1, -0.05) is 45.2 Å². The SMILES string of the molecule is CC(C)CCCCCc1c2cccc1OOCC2. The fourth-order valence-electron chi connectivity index (χ4n) is 2.50. The highest BCUT2D eigenvalue weighted by Gasteiger charge is 2.13. The van der Waals surface area contributed by atoms with Crippen molar-refractivity contribution in [2.24, 2.45) is 5.92 Å². The zero-order valence-electron chi connectivity index (χ0n) is 11.6. The summed E-state index contributed by atoms with van der Waals surface area (Å²) < 4.78 is 0. The van der Waals surface area contributed by atoms with Crippen LogP contribution in [0.5, 0.6) is 5.75 Å². The molecule has 0 saturated carbocycles. The van der Waals surface area contributed by atoms with Crippen LogP contribution in [-0.4, -0.2) is 6.61 Å². The third kappa shape index (κ3) is 3.74. The molecule has 1 aromatic carbocycles. The molecule has 0 saturated heterocycles. The molecule has 1 heterocycles. The van der Waals surface area contributed by atoms with E-state index in [1.54, 1.807) is 0 Å². The van der Waals surface area contributed by atoms with Crippen LogP contribution >= 0.6 is 0 Å². The molecule has 18 heavy (non-hydrogen) atoms. The molecular weight excluding hydrogens is 224 g/mol. The lowest BCUT2D eigenvalue weighted by atomic mass is 9.97. The van der Waals surface area contributed by atoms with Gasteiger partial charge in [0.2, 0.25) is 0 Å². The minimum Gasteiger partial charge on any atom is -0.337 e. The van der Waals surface area contributed by atoms with Crippen LogP contribution in [0.25, 0.3) is 0 Å². The monoisotopic (exact) mass is 248 g/mol. The molecule has 2 bridgehead atoms. The van der Waals surface area contributed by atoms with Crippen LogP contribution in [0.4, 0.5) is 0 Å². The fraction of sp³-hybridized carbons (Fsp3) is 0.625. The van der Waals surface area contributed by atoms with Crippen LogP contribution in [0.1, 0.15) is 50.7 Å². The molecule has 100 valence electrons. The van der Waals surface area contributed by atoms with Crippen molar-refractivity contribution < 1.29 is 9.78 Å². The molecule has 2 rings (SSSR count). The van der Waals surface area contributed by atoms with Gasteiger partial charge >= 0.3 is 0 Å². The molecule has 0 spiro atoms. The molecule has 0 radical (unpaired) electrons. The molecule has 1 aliphatic rings. The van der Waals surface area contributed by atoms with Crippen molar-refractivity contribution in [2.45, 2.75) is 52.4 Å². The molecule has 0 amide bonds. The highest BCUT2D eigenvalue weighted by molar-refractivity contribution is 5.40. The smallest absolute Gasteiger partial charge is 0.168 e. The Morgan fingerprint density at radius 3 is 2.89 bits per heavy atom. The standard InChI is InChI=1S/C16H24O2/c1-13(2)7-4-3-5-9-15-14-8-6-10-16(15)18-17-12-11-14/h6,8,10,13H,3-5,7,9,11-12H2,1-2H3. The van der Waals surface area contributed by atoms with E-state index >= 15 is 0 Å². The van der Waals surface area contributed by atoms with Gasteiger partial charge in [0, 0.05) is 12.0 Å². The third-order valence-electron chi connectivity index (χ3n) is 3.54. The van der Waals surface area contributed by atoms with Crippen LogP contribution in [0.2, 0.25) is 0 Å². The molecule has 1 aromatic rings. The van der Waals surface area contributed by atoms with E-state index in [2.05, 4.69) is 26.0 Å². The summed E-state index contributed by atoms with van der Waals surface area (Å²) >= 11 is 0. The van der Waals surface area contributed by atoms with Crippen molar-refractivity contribution >= 4 is 0 Å². The van der Waals surface area contributed by atoms with E-state index in [0.717, 1.165) is 24.5 Å². The topological polar surface area (TPSA) is 18.5 Å². The highest BCUT2D eigenvalue weighted by Crippen LogP contribution is 2.27. The Hall–Kier alpha value is -1.02. The van der Waals surface area contributed by atoms with E-state index in [1.807, 2.05) is 6.07 Å². The van der Waals surface area contributed by atoms with E-state index in [0.29, 0.717) is 6.61 Å². The van der Waals surface area contributed by atoms with Gasteiger partial charge in [0.25, 0.3) is 0 Å². The maximum atomic E-state index is 5.33. The van der Waals surface area contributed by atoms with Gasteiger partial charge in [-0.3, -0.25) is 0 Å². The Balaban J connectivity index is 1.86. The van der Waals surface area contributed by atoms with Crippen molar-refractivity contribution in [3.05, 3.63) is 29.3 Å². The first-order valence-electron chi connectivity index (χ1n) is 7.17. The molecular formula is C16H24O2. The number of fused-ring (bicyclic) bond motifs is 2. The molecule has 0 fully saturated rings. The second-order valence-corrected chi connectivity index (χ2v) is 5.54. The summed E-state index contributed by atoms with van der Waals surface area (Å²) in [5.41, 5.74) is 2.76. The Morgan fingerprint density at radius 2 is 2.06 bits per heavy atom. The van der Waals surface area contributed by atoms with E-state index < -0.39 is 0 Å². The van der Waals surface area contributed by atoms with Crippen molar-refractivity contribution in [1.29, 1.82) is 0 Å². The lowest BCUT2D eigenvalue weighted by Gasteiger charge is -2.09. The van der Waals surface area contributed by atoms with Crippen LogP contribution in [0, 0.1) is 5.92 Å². The van der Waals surface area contributed by atoms with Gasteiger partial charge in [0.15, 0.2) is 5.75 Å². The van der Waals surface area contributed by atoms with Crippen molar-refractivity contribution in [3.8, 4) is 5.75 Å². The summed E-state index contributed by atoms with van der Waals surface area (Å²) in [6.45, 7) is 5.25. The highest BCUT2D eigenvalue weighted by atomic mass is 17.2. The molecule has 0 unspecified atom stereocenters. The summed E-state index contributed by atoms with van der Waals surface area (Å²) in [5.74, 6) is 1.75. The first-order valence-corrected chi connectivity index (χ1v) is 7.17. The van der Waals surface area contributed by atoms with Crippen molar-refractivity contribution in [2.75, 3.05) is 6.61 Å². The lowest BCUT2D eigenvalue weighted by Crippen LogP contribution is -1.96. The third-order valence-corrected chi connectivity index (χ3v) is 3.54. The summed E-state index contributed by atoms with van der Waals surface area (Å²) in [4.78, 5) is 10.5. The minimum atomic E-state index is 0.661. The Bertz CT molecular complexity index is 347. The predicted molar refractivity (Wildman–Crippen MR) is 73.7 cm³/mol. The summed E-state index contributed by atoms with van der Waals surface area (Å²) in [7, 11) is 0. The first-order chi connectivity index (χ1) is 8.77. The minimum absolute atomic E-state index is 0.661. The summed E-state index contributed by atoms with van der Waals surface area (Å²) in [5, 5.41) is 0. The fourth-order valence-corrected chi connectivity index (χ4v) is 2.50. The summed E-state index contributed by atoms with van der Waals surface area (Å²) in [6.07, 6.45) is 7.33. The normalized spacial score (nSPS) is 14.4. The van der Waals surface area contributed by atoms with Crippen molar-refractivity contribution in [3.63, 3.8) is 0 Å². The molecule has 2 heteroatoms. The Labute approximate surface area is 110 Å². The van der Waals surface area contributed by atoms with E-state index in [9.17, 15) is 0 Å². The Morgan fingerprint density at radius 1 is 1.17 bits per heavy atom. The lowest BCUT2D eigenvalue weighted by molar-refractivity contribution is -0.203. The quantitative estimate of drug-likeness (QED) is 0.551.